The van der Waals surface area contributed by atoms with Gasteiger partial charge < -0.3 is 36.2 Å². The van der Waals surface area contributed by atoms with Gasteiger partial charge in [0.15, 0.2) is 6.10 Å². The quantitative estimate of drug-likeness (QED) is 0.222. The monoisotopic (exact) mass is 346 g/mol. The van der Waals surface area contributed by atoms with Crippen molar-refractivity contribution in [2.24, 2.45) is 0 Å². The first kappa shape index (κ1) is 21.3. The van der Waals surface area contributed by atoms with E-state index in [1.54, 1.807) is 0 Å². The molecule has 0 radical (unpaired) electrons. The van der Waals surface area contributed by atoms with Crippen molar-refractivity contribution in [1.29, 1.82) is 0 Å². The first-order chi connectivity index (χ1) is 10.1. The summed E-state index contributed by atoms with van der Waals surface area (Å²) in [5, 5.41) is 48.6. The summed E-state index contributed by atoms with van der Waals surface area (Å²) in [6.45, 7) is 3.57. The van der Waals surface area contributed by atoms with Crippen LogP contribution in [0.15, 0.2) is 0 Å². The first-order valence-electron chi connectivity index (χ1n) is 6.38. The third-order valence-electron chi connectivity index (χ3n) is 2.71. The van der Waals surface area contributed by atoms with E-state index in [-0.39, 0.29) is 0 Å². The second-order valence-corrected chi connectivity index (χ2v) is 5.82. The van der Waals surface area contributed by atoms with Crippen LogP contribution < -0.4 is 10.6 Å². The van der Waals surface area contributed by atoms with E-state index in [4.69, 9.17) is 30.1 Å². The number of aliphatic hydroxyl groups is 5. The topological polar surface area (TPSA) is 197 Å². The third kappa shape index (κ3) is 7.53. The maximum Gasteiger partial charge on any atom is 0.331 e. The SMILES string of the molecule is C1CNCCN1.O=C(C(O)C(O)C(O)C(O)CO)S(=O)(=O)O. The van der Waals surface area contributed by atoms with Crippen LogP contribution in [-0.4, -0.2) is 101 Å². The number of hydrogen-bond acceptors (Lipinski definition) is 10. The lowest BCUT2D eigenvalue weighted by atomic mass is 10.0. The zero-order chi connectivity index (χ0) is 17.3. The fourth-order valence-corrected chi connectivity index (χ4v) is 1.86. The maximum atomic E-state index is 10.7. The van der Waals surface area contributed by atoms with E-state index >= 15 is 0 Å². The highest BCUT2D eigenvalue weighted by molar-refractivity contribution is 8.01. The van der Waals surface area contributed by atoms with Crippen LogP contribution in [-0.2, 0) is 14.9 Å². The summed E-state index contributed by atoms with van der Waals surface area (Å²) in [6, 6.07) is 0. The van der Waals surface area contributed by atoms with Crippen LogP contribution in [0.5, 0.6) is 0 Å². The summed E-state index contributed by atoms with van der Waals surface area (Å²) >= 11 is 0. The summed E-state index contributed by atoms with van der Waals surface area (Å²) in [5.74, 6) is 0. The molecule has 0 amide bonds. The van der Waals surface area contributed by atoms with Crippen molar-refractivity contribution in [3.63, 3.8) is 0 Å². The largest absolute Gasteiger partial charge is 0.394 e. The number of nitrogens with one attached hydrogen (secondary N) is 2. The molecular weight excluding hydrogens is 324 g/mol. The standard InChI is InChI=1S/C6H12O9S.C4H10N2/c7-1-2(8)3(9)4(10)5(11)6(12)16(13,14)15;1-2-6-4-3-5-1/h2-5,7-11H,1H2,(H,13,14,15);5-6H,1-4H2. The second kappa shape index (κ2) is 10.1. The highest BCUT2D eigenvalue weighted by Gasteiger charge is 2.38. The molecule has 1 saturated heterocycles. The van der Waals surface area contributed by atoms with Gasteiger partial charge in [-0.15, -0.1) is 0 Å². The van der Waals surface area contributed by atoms with Gasteiger partial charge in [-0.05, 0) is 0 Å². The summed E-state index contributed by atoms with van der Waals surface area (Å²) < 4.78 is 28.8. The summed E-state index contributed by atoms with van der Waals surface area (Å²) in [6.07, 6.45) is -9.02. The van der Waals surface area contributed by atoms with Gasteiger partial charge >= 0.3 is 15.2 Å². The van der Waals surface area contributed by atoms with Gasteiger partial charge in [-0.2, -0.15) is 8.42 Å². The minimum atomic E-state index is -5.22. The highest BCUT2D eigenvalue weighted by Crippen LogP contribution is 2.08. The van der Waals surface area contributed by atoms with Crippen LogP contribution in [0, 0.1) is 0 Å². The number of aliphatic hydroxyl groups excluding tert-OH is 5. The Hall–Kier alpha value is -0.700. The van der Waals surface area contributed by atoms with E-state index in [9.17, 15) is 13.2 Å². The number of carbonyl (C=O) groups is 1. The van der Waals surface area contributed by atoms with Crippen molar-refractivity contribution in [3.05, 3.63) is 0 Å². The van der Waals surface area contributed by atoms with Gasteiger partial charge in [0, 0.05) is 26.2 Å². The second-order valence-electron chi connectivity index (χ2n) is 4.47. The minimum absolute atomic E-state index is 0.981. The van der Waals surface area contributed by atoms with Crippen molar-refractivity contribution < 1.29 is 43.3 Å². The molecule has 1 heterocycles. The number of piperazine rings is 1. The Kier molecular flexibility index (Phi) is 9.82. The predicted octanol–water partition coefficient (Wildman–Crippen LogP) is -4.98. The molecule has 0 bridgehead atoms. The third-order valence-corrected chi connectivity index (χ3v) is 3.46. The van der Waals surface area contributed by atoms with Gasteiger partial charge in [-0.25, -0.2) is 0 Å². The van der Waals surface area contributed by atoms with Crippen molar-refractivity contribution >= 4 is 15.2 Å². The Balaban J connectivity index is 0.000000604. The zero-order valence-electron chi connectivity index (χ0n) is 11.7. The molecule has 0 saturated carbocycles. The van der Waals surface area contributed by atoms with Crippen LogP contribution in [0.4, 0.5) is 0 Å². The zero-order valence-corrected chi connectivity index (χ0v) is 12.5. The van der Waals surface area contributed by atoms with Crippen molar-refractivity contribution in [3.8, 4) is 0 Å². The normalized spacial score (nSPS) is 21.0. The van der Waals surface area contributed by atoms with Crippen molar-refractivity contribution in [1.82, 2.24) is 10.6 Å². The van der Waals surface area contributed by atoms with Crippen molar-refractivity contribution in [2.75, 3.05) is 32.8 Å². The lowest BCUT2D eigenvalue weighted by Crippen LogP contribution is -2.50. The highest BCUT2D eigenvalue weighted by atomic mass is 32.2. The van der Waals surface area contributed by atoms with E-state index in [0.717, 1.165) is 26.2 Å². The fraction of sp³-hybridized carbons (Fsp3) is 0.900. The van der Waals surface area contributed by atoms with E-state index < -0.39 is 46.3 Å². The molecule has 1 aliphatic heterocycles. The smallest absolute Gasteiger partial charge is 0.331 e. The summed E-state index contributed by atoms with van der Waals surface area (Å²) in [7, 11) is -5.22. The molecule has 0 aromatic heterocycles. The predicted molar refractivity (Wildman–Crippen MR) is 73.4 cm³/mol. The van der Waals surface area contributed by atoms with Gasteiger partial charge in [0.2, 0.25) is 0 Å². The Bertz CT molecular complexity index is 415. The molecule has 0 aromatic rings. The van der Waals surface area contributed by atoms with Crippen LogP contribution in [0.1, 0.15) is 0 Å². The summed E-state index contributed by atoms with van der Waals surface area (Å²) in [4.78, 5) is 10.7. The molecule has 22 heavy (non-hydrogen) atoms. The number of rotatable bonds is 5. The van der Waals surface area contributed by atoms with Gasteiger partial charge in [0.1, 0.15) is 18.3 Å². The molecule has 0 aliphatic carbocycles. The molecule has 1 aliphatic rings. The van der Waals surface area contributed by atoms with Gasteiger partial charge in [-0.1, -0.05) is 0 Å². The fourth-order valence-electron chi connectivity index (χ4n) is 1.42. The van der Waals surface area contributed by atoms with E-state index in [1.807, 2.05) is 0 Å². The Morgan fingerprint density at radius 1 is 0.955 bits per heavy atom. The Morgan fingerprint density at radius 2 is 1.36 bits per heavy atom. The molecule has 132 valence electrons. The molecule has 12 heteroatoms. The van der Waals surface area contributed by atoms with E-state index in [2.05, 4.69) is 10.6 Å². The Labute approximate surface area is 127 Å². The van der Waals surface area contributed by atoms with E-state index in [0.29, 0.717) is 0 Å². The molecule has 1 fully saturated rings. The van der Waals surface area contributed by atoms with Gasteiger partial charge in [-0.3, -0.25) is 9.35 Å². The van der Waals surface area contributed by atoms with Crippen LogP contribution in [0.3, 0.4) is 0 Å². The van der Waals surface area contributed by atoms with Crippen LogP contribution in [0.25, 0.3) is 0 Å². The summed E-state index contributed by atoms with van der Waals surface area (Å²) in [5.41, 5.74) is 0. The first-order valence-corrected chi connectivity index (χ1v) is 7.82. The lowest BCUT2D eigenvalue weighted by Gasteiger charge is -2.23. The van der Waals surface area contributed by atoms with Crippen LogP contribution >= 0.6 is 0 Å². The molecule has 1 rings (SSSR count). The van der Waals surface area contributed by atoms with Crippen molar-refractivity contribution in [2.45, 2.75) is 24.4 Å². The molecule has 11 nitrogen and oxygen atoms in total. The van der Waals surface area contributed by atoms with Gasteiger partial charge in [0.05, 0.1) is 6.61 Å². The minimum Gasteiger partial charge on any atom is -0.394 e. The molecule has 4 unspecified atom stereocenters. The number of carbonyl (C=O) groups excluding carboxylic acids is 1. The van der Waals surface area contributed by atoms with Gasteiger partial charge in [0.25, 0.3) is 0 Å². The Morgan fingerprint density at radius 3 is 1.64 bits per heavy atom. The molecule has 0 spiro atoms. The molecule has 0 aromatic carbocycles. The molecule has 8 N–H and O–H groups in total. The van der Waals surface area contributed by atoms with E-state index in [1.165, 1.54) is 0 Å². The molecule has 4 atom stereocenters. The molecular formula is C10H22N2O9S. The van der Waals surface area contributed by atoms with Crippen LogP contribution in [0.2, 0.25) is 0 Å². The lowest BCUT2D eigenvalue weighted by molar-refractivity contribution is -0.140. The average molecular weight is 346 g/mol. The average Bonchev–Trinajstić information content (AvgIpc) is 2.52. The maximum absolute atomic E-state index is 10.7. The number of hydrogen-bond donors (Lipinski definition) is 8.